The predicted octanol–water partition coefficient (Wildman–Crippen LogP) is 4.49. The molecule has 1 atom stereocenters. The van der Waals surface area contributed by atoms with Gasteiger partial charge < -0.3 is 5.73 Å². The van der Waals surface area contributed by atoms with Gasteiger partial charge in [-0.1, -0.05) is 0 Å². The van der Waals surface area contributed by atoms with E-state index in [-0.39, 0.29) is 28.4 Å². The molecule has 3 aromatic heterocycles. The van der Waals surface area contributed by atoms with Gasteiger partial charge in [-0.15, -0.1) is 0 Å². The summed E-state index contributed by atoms with van der Waals surface area (Å²) in [6.45, 7) is 2.43. The van der Waals surface area contributed by atoms with Gasteiger partial charge in [0.25, 0.3) is 0 Å². The van der Waals surface area contributed by atoms with Gasteiger partial charge in [0.2, 0.25) is 10.0 Å². The number of fused-ring (bicyclic) bond motifs is 1. The minimum Gasteiger partial charge on any atom is -0.396 e. The Morgan fingerprint density at radius 1 is 1.06 bits per heavy atom. The molecular weight excluding hydrogens is 493 g/mol. The Morgan fingerprint density at radius 2 is 1.77 bits per heavy atom. The fourth-order valence-corrected chi connectivity index (χ4v) is 4.66. The van der Waals surface area contributed by atoms with E-state index in [0.29, 0.717) is 12.3 Å². The Balaban J connectivity index is 1.88. The first-order valence-corrected chi connectivity index (χ1v) is 11.6. The Hall–Kier alpha value is -3.58. The van der Waals surface area contributed by atoms with E-state index in [9.17, 15) is 30.4 Å². The highest BCUT2D eigenvalue weighted by molar-refractivity contribution is 7.89. The normalized spacial score (nSPS) is 13.3. The van der Waals surface area contributed by atoms with Crippen LogP contribution in [-0.2, 0) is 10.0 Å². The number of anilines is 1. The van der Waals surface area contributed by atoms with Crippen molar-refractivity contribution in [2.75, 3.05) is 5.73 Å². The molecule has 4 aromatic rings. The van der Waals surface area contributed by atoms with Gasteiger partial charge in [-0.3, -0.25) is 9.55 Å². The van der Waals surface area contributed by atoms with Crippen molar-refractivity contribution in [3.8, 4) is 17.1 Å². The molecule has 0 aliphatic heterocycles. The zero-order valence-corrected chi connectivity index (χ0v) is 19.0. The minimum atomic E-state index is -4.78. The predicted molar refractivity (Wildman–Crippen MR) is 119 cm³/mol. The van der Waals surface area contributed by atoms with E-state index in [1.165, 1.54) is 21.6 Å². The van der Waals surface area contributed by atoms with Crippen LogP contribution in [0.25, 0.3) is 28.1 Å². The summed E-state index contributed by atoms with van der Waals surface area (Å²) in [5.74, 6) is -1.50. The maximum atomic E-state index is 14.7. The number of alkyl halides is 3. The number of halogens is 5. The molecule has 0 aliphatic rings. The molecule has 0 saturated carbocycles. The fraction of sp³-hybridized carbons (Fsp3) is 0.182. The topological polar surface area (TPSA) is 103 Å². The van der Waals surface area contributed by atoms with Crippen molar-refractivity contribution in [3.05, 3.63) is 66.0 Å². The highest BCUT2D eigenvalue weighted by Gasteiger charge is 2.39. The summed E-state index contributed by atoms with van der Waals surface area (Å²) in [5, 5.41) is 0.419. The summed E-state index contributed by atoms with van der Waals surface area (Å²) >= 11 is 0. The zero-order chi connectivity index (χ0) is 25.7. The SMILES string of the molecule is Cc1cnc2c(c1)c(N)c(-c1ccc(S(=O)(=O)N[C@@H](C)C(F)(F)F)cn1)n2-c1cc(F)ccc1F. The van der Waals surface area contributed by atoms with E-state index >= 15 is 0 Å². The lowest BCUT2D eigenvalue weighted by atomic mass is 10.2. The summed E-state index contributed by atoms with van der Waals surface area (Å²) in [6, 6.07) is 4.43. The van der Waals surface area contributed by atoms with Crippen molar-refractivity contribution in [1.82, 2.24) is 19.3 Å². The number of sulfonamides is 1. The Morgan fingerprint density at radius 3 is 2.40 bits per heavy atom. The van der Waals surface area contributed by atoms with E-state index in [4.69, 9.17) is 5.73 Å². The molecule has 0 bridgehead atoms. The van der Waals surface area contributed by atoms with Crippen molar-refractivity contribution >= 4 is 26.7 Å². The van der Waals surface area contributed by atoms with Crippen molar-refractivity contribution < 1.29 is 30.4 Å². The van der Waals surface area contributed by atoms with Gasteiger partial charge in [-0.25, -0.2) is 22.2 Å². The molecular formula is C22H18F5N5O2S. The number of pyridine rings is 2. The lowest BCUT2D eigenvalue weighted by Gasteiger charge is -2.17. The second-order valence-corrected chi connectivity index (χ2v) is 9.55. The molecule has 0 amide bonds. The average Bonchev–Trinajstić information content (AvgIpc) is 3.06. The van der Waals surface area contributed by atoms with Crippen LogP contribution in [0.4, 0.5) is 27.6 Å². The van der Waals surface area contributed by atoms with Crippen LogP contribution in [0.2, 0.25) is 0 Å². The van der Waals surface area contributed by atoms with Crippen LogP contribution in [0.1, 0.15) is 12.5 Å². The monoisotopic (exact) mass is 511 g/mol. The van der Waals surface area contributed by atoms with Gasteiger partial charge in [0.05, 0.1) is 22.8 Å². The standard InChI is InChI=1S/C22H18F5N5O2S/c1-11-7-15-19(28)20(32(21(15)30-9-11)18-8-13(23)3-5-16(18)24)17-6-4-14(10-29-17)35(33,34)31-12(2)22(25,26)27/h3-10,12,31H,28H2,1-2H3/t12-/m0/s1. The molecule has 0 spiro atoms. The molecule has 0 saturated heterocycles. The molecule has 3 heterocycles. The molecule has 13 heteroatoms. The summed E-state index contributed by atoms with van der Waals surface area (Å²) in [7, 11) is -4.55. The van der Waals surface area contributed by atoms with Crippen LogP contribution in [0.5, 0.6) is 0 Å². The molecule has 7 nitrogen and oxygen atoms in total. The van der Waals surface area contributed by atoms with Gasteiger partial charge in [0, 0.05) is 23.8 Å². The number of aromatic nitrogens is 3. The minimum absolute atomic E-state index is 0.0598. The van der Waals surface area contributed by atoms with E-state index in [1.54, 1.807) is 13.0 Å². The van der Waals surface area contributed by atoms with Crippen LogP contribution in [-0.4, -0.2) is 35.2 Å². The fourth-order valence-electron chi connectivity index (χ4n) is 3.48. The van der Waals surface area contributed by atoms with Crippen LogP contribution in [0, 0.1) is 18.6 Å². The molecule has 35 heavy (non-hydrogen) atoms. The first-order valence-electron chi connectivity index (χ1n) is 10.1. The van der Waals surface area contributed by atoms with Crippen molar-refractivity contribution in [1.29, 1.82) is 0 Å². The molecule has 0 radical (unpaired) electrons. The molecule has 4 rings (SSSR count). The maximum absolute atomic E-state index is 14.7. The summed E-state index contributed by atoms with van der Waals surface area (Å²) in [6.07, 6.45) is -2.42. The van der Waals surface area contributed by atoms with E-state index in [0.717, 1.165) is 36.0 Å². The first-order chi connectivity index (χ1) is 16.3. The zero-order valence-electron chi connectivity index (χ0n) is 18.2. The van der Waals surface area contributed by atoms with Gasteiger partial charge in [0.15, 0.2) is 0 Å². The summed E-state index contributed by atoms with van der Waals surface area (Å²) in [5.41, 5.74) is 7.34. The molecule has 184 valence electrons. The number of nitrogens with zero attached hydrogens (tertiary/aromatic N) is 3. The third-order valence-corrected chi connectivity index (χ3v) is 6.77. The molecule has 3 N–H and O–H groups in total. The third-order valence-electron chi connectivity index (χ3n) is 5.25. The molecule has 1 aromatic carbocycles. The number of nitrogens with two attached hydrogens (primary N) is 1. The molecule has 0 aliphatic carbocycles. The molecule has 0 fully saturated rings. The van der Waals surface area contributed by atoms with Crippen molar-refractivity contribution in [3.63, 3.8) is 0 Å². The van der Waals surface area contributed by atoms with Gasteiger partial charge in [-0.2, -0.15) is 17.9 Å². The first kappa shape index (κ1) is 24.5. The van der Waals surface area contributed by atoms with Gasteiger partial charge in [0.1, 0.15) is 28.2 Å². The lowest BCUT2D eigenvalue weighted by Crippen LogP contribution is -2.42. The number of hydrogen-bond acceptors (Lipinski definition) is 5. The Labute approximate surface area is 196 Å². The second kappa shape index (κ2) is 8.57. The maximum Gasteiger partial charge on any atom is 0.404 e. The third kappa shape index (κ3) is 4.56. The van der Waals surface area contributed by atoms with E-state index in [2.05, 4.69) is 9.97 Å². The quantitative estimate of drug-likeness (QED) is 0.385. The summed E-state index contributed by atoms with van der Waals surface area (Å²) < 4.78 is 94.7. The van der Waals surface area contributed by atoms with Crippen LogP contribution >= 0.6 is 0 Å². The van der Waals surface area contributed by atoms with Gasteiger partial charge in [-0.05, 0) is 49.7 Å². The summed E-state index contributed by atoms with van der Waals surface area (Å²) in [4.78, 5) is 7.83. The lowest BCUT2D eigenvalue weighted by molar-refractivity contribution is -0.147. The number of nitrogens with one attached hydrogen (secondary N) is 1. The average molecular weight is 511 g/mol. The smallest absolute Gasteiger partial charge is 0.396 e. The van der Waals surface area contributed by atoms with Crippen LogP contribution in [0.15, 0.2) is 53.7 Å². The van der Waals surface area contributed by atoms with Crippen molar-refractivity contribution in [2.24, 2.45) is 0 Å². The number of aryl methyl sites for hydroxylation is 1. The van der Waals surface area contributed by atoms with Crippen LogP contribution < -0.4 is 10.5 Å². The highest BCUT2D eigenvalue weighted by Crippen LogP contribution is 2.38. The van der Waals surface area contributed by atoms with Crippen molar-refractivity contribution in [2.45, 2.75) is 31.0 Å². The number of rotatable bonds is 5. The Bertz CT molecular complexity index is 1530. The highest BCUT2D eigenvalue weighted by atomic mass is 32.2. The van der Waals surface area contributed by atoms with Crippen LogP contribution in [0.3, 0.4) is 0 Å². The largest absolute Gasteiger partial charge is 0.404 e. The second-order valence-electron chi connectivity index (χ2n) is 7.84. The van der Waals surface area contributed by atoms with E-state index in [1.807, 2.05) is 0 Å². The number of nitrogen functional groups attached to an aromatic ring is 1. The number of benzene rings is 1. The Kier molecular flexibility index (Phi) is 6.01. The van der Waals surface area contributed by atoms with Gasteiger partial charge >= 0.3 is 6.18 Å². The van der Waals surface area contributed by atoms with E-state index < -0.39 is 38.8 Å². The number of hydrogen-bond donors (Lipinski definition) is 2. The molecule has 0 unspecified atom stereocenters.